The van der Waals surface area contributed by atoms with Crippen molar-refractivity contribution in [1.29, 1.82) is 0 Å². The fraction of sp³-hybridized carbons (Fsp3) is 0.724. The van der Waals surface area contributed by atoms with Crippen LogP contribution in [0.5, 0.6) is 0 Å². The van der Waals surface area contributed by atoms with Crippen molar-refractivity contribution >= 4 is 18.4 Å². The summed E-state index contributed by atoms with van der Waals surface area (Å²) in [5, 5.41) is 0. The average Bonchev–Trinajstić information content (AvgIpc) is 3.30. The molecule has 0 unspecified atom stereocenters. The molecule has 2 aliphatic rings. The summed E-state index contributed by atoms with van der Waals surface area (Å²) in [6.07, 6.45) is 12.1. The standard InChI is InChI=1S/C17H21O4.3C4H9.Sn/c1-4-8-13-14(18-11-12-9-6-5-7-10-12)15-16(19-13)21-17(2,3)20-15;3*1-3-4-2;/h4-10,13-16H,1,11H2,2-3H3;3*1,3-4H2,2H3;/b8-4+;;;;/t13-,14+,15-,16-;;;;/m1..../s1. The van der Waals surface area contributed by atoms with Crippen molar-refractivity contribution in [3.63, 3.8) is 0 Å². The molecule has 192 valence electrons. The van der Waals surface area contributed by atoms with E-state index in [0.717, 1.165) is 0 Å². The first-order chi connectivity index (χ1) is 16.4. The number of allylic oxidation sites excluding steroid dienone is 1. The Kier molecular flexibility index (Phi) is 11.4. The Morgan fingerprint density at radius 3 is 2.12 bits per heavy atom. The minimum atomic E-state index is -2.20. The molecule has 0 amide bonds. The van der Waals surface area contributed by atoms with Gasteiger partial charge >= 0.3 is 213 Å². The molecule has 4 atom stereocenters. The van der Waals surface area contributed by atoms with Crippen LogP contribution in [0.4, 0.5) is 0 Å². The van der Waals surface area contributed by atoms with Gasteiger partial charge in [-0.05, 0) is 0 Å². The Labute approximate surface area is 212 Å². The van der Waals surface area contributed by atoms with E-state index in [-0.39, 0.29) is 24.6 Å². The molecule has 5 heteroatoms. The summed E-state index contributed by atoms with van der Waals surface area (Å²) >= 11 is -2.20. The van der Waals surface area contributed by atoms with Crippen LogP contribution < -0.4 is 0 Å². The van der Waals surface area contributed by atoms with E-state index in [9.17, 15) is 0 Å². The Bertz CT molecular complexity index is 713. The van der Waals surface area contributed by atoms with Gasteiger partial charge in [0.1, 0.15) is 0 Å². The zero-order valence-electron chi connectivity index (χ0n) is 22.3. The zero-order valence-corrected chi connectivity index (χ0v) is 25.1. The summed E-state index contributed by atoms with van der Waals surface area (Å²) in [6.45, 7) is 11.5. The third-order valence-electron chi connectivity index (χ3n) is 7.37. The SMILES string of the molecule is CCC[CH2][Sn]([CH2]/C=C/[C@H]1O[C@@H]2OC(C)(C)O[C@@H]2[C@H]1OCc1ccccc1)([CH2]CCC)[CH2]CCC. The van der Waals surface area contributed by atoms with Crippen LogP contribution in [0, 0.1) is 0 Å². The summed E-state index contributed by atoms with van der Waals surface area (Å²) in [4.78, 5) is 0. The number of hydrogen-bond donors (Lipinski definition) is 0. The monoisotopic (exact) mass is 580 g/mol. The van der Waals surface area contributed by atoms with Crippen molar-refractivity contribution in [3.05, 3.63) is 48.0 Å². The van der Waals surface area contributed by atoms with Gasteiger partial charge in [0.15, 0.2) is 0 Å². The van der Waals surface area contributed by atoms with E-state index >= 15 is 0 Å². The molecule has 2 saturated heterocycles. The second kappa shape index (κ2) is 13.8. The molecular formula is C29H48O4Sn. The Balaban J connectivity index is 1.70. The summed E-state index contributed by atoms with van der Waals surface area (Å²) in [5.74, 6) is -0.634. The predicted octanol–water partition coefficient (Wildman–Crippen LogP) is 7.85. The van der Waals surface area contributed by atoms with E-state index in [1.54, 1.807) is 0 Å². The summed E-state index contributed by atoms with van der Waals surface area (Å²) < 4.78 is 30.9. The fourth-order valence-electron chi connectivity index (χ4n) is 5.40. The molecule has 1 aromatic rings. The number of hydrogen-bond acceptors (Lipinski definition) is 4. The minimum absolute atomic E-state index is 0.123. The van der Waals surface area contributed by atoms with Crippen LogP contribution in [0.2, 0.25) is 17.7 Å². The van der Waals surface area contributed by atoms with E-state index in [4.69, 9.17) is 18.9 Å². The summed E-state index contributed by atoms with van der Waals surface area (Å²) in [5.41, 5.74) is 1.17. The molecule has 2 aliphatic heterocycles. The molecule has 2 heterocycles. The number of ether oxygens (including phenoxy) is 4. The fourth-order valence-corrected chi connectivity index (χ4v) is 20.6. The van der Waals surface area contributed by atoms with E-state index in [1.807, 2.05) is 19.9 Å². The van der Waals surface area contributed by atoms with Gasteiger partial charge in [0.25, 0.3) is 0 Å². The molecule has 0 aromatic heterocycles. The molecule has 0 radical (unpaired) electrons. The van der Waals surface area contributed by atoms with Crippen LogP contribution in [0.1, 0.15) is 78.7 Å². The second-order valence-electron chi connectivity index (χ2n) is 10.8. The number of benzene rings is 1. The summed E-state index contributed by atoms with van der Waals surface area (Å²) in [6, 6.07) is 10.3. The molecule has 0 N–H and O–H groups in total. The first kappa shape index (κ1) is 28.2. The molecular weight excluding hydrogens is 531 g/mol. The third kappa shape index (κ3) is 8.06. The van der Waals surface area contributed by atoms with Crippen LogP contribution >= 0.6 is 0 Å². The van der Waals surface area contributed by atoms with Crippen molar-refractivity contribution < 1.29 is 18.9 Å². The molecule has 0 saturated carbocycles. The van der Waals surface area contributed by atoms with Crippen LogP contribution in [-0.4, -0.2) is 48.8 Å². The van der Waals surface area contributed by atoms with E-state index in [1.165, 1.54) is 61.8 Å². The van der Waals surface area contributed by atoms with Gasteiger partial charge in [-0.1, -0.05) is 0 Å². The van der Waals surface area contributed by atoms with Gasteiger partial charge in [0.2, 0.25) is 0 Å². The van der Waals surface area contributed by atoms with E-state index in [2.05, 4.69) is 57.2 Å². The van der Waals surface area contributed by atoms with Crippen LogP contribution in [-0.2, 0) is 25.6 Å². The molecule has 4 nitrogen and oxygen atoms in total. The third-order valence-corrected chi connectivity index (χ3v) is 22.6. The molecule has 34 heavy (non-hydrogen) atoms. The maximum absolute atomic E-state index is 6.42. The first-order valence-electron chi connectivity index (χ1n) is 13.8. The van der Waals surface area contributed by atoms with Crippen molar-refractivity contribution in [2.24, 2.45) is 0 Å². The normalized spacial score (nSPS) is 26.4. The first-order valence-corrected chi connectivity index (χ1v) is 21.8. The second-order valence-corrected chi connectivity index (χ2v) is 24.8. The van der Waals surface area contributed by atoms with E-state index < -0.39 is 24.2 Å². The van der Waals surface area contributed by atoms with Gasteiger partial charge in [-0.3, -0.25) is 0 Å². The zero-order chi connectivity index (χ0) is 24.4. The molecule has 1 aromatic carbocycles. The topological polar surface area (TPSA) is 36.9 Å². The number of unbranched alkanes of at least 4 members (excludes halogenated alkanes) is 3. The van der Waals surface area contributed by atoms with Gasteiger partial charge < -0.3 is 0 Å². The Morgan fingerprint density at radius 2 is 1.53 bits per heavy atom. The van der Waals surface area contributed by atoms with Crippen molar-refractivity contribution in [3.8, 4) is 0 Å². The number of rotatable bonds is 15. The van der Waals surface area contributed by atoms with Crippen molar-refractivity contribution in [2.45, 2.75) is 128 Å². The van der Waals surface area contributed by atoms with Gasteiger partial charge in [-0.2, -0.15) is 0 Å². The molecule has 2 fully saturated rings. The maximum atomic E-state index is 6.42. The van der Waals surface area contributed by atoms with Crippen LogP contribution in [0.25, 0.3) is 0 Å². The summed E-state index contributed by atoms with van der Waals surface area (Å²) in [7, 11) is 0. The molecule has 3 rings (SSSR count). The van der Waals surface area contributed by atoms with Crippen molar-refractivity contribution in [2.75, 3.05) is 0 Å². The van der Waals surface area contributed by atoms with E-state index in [0.29, 0.717) is 6.61 Å². The predicted molar refractivity (Wildman–Crippen MR) is 143 cm³/mol. The molecule has 0 bridgehead atoms. The average molecular weight is 579 g/mol. The van der Waals surface area contributed by atoms with Crippen LogP contribution in [0.15, 0.2) is 42.5 Å². The van der Waals surface area contributed by atoms with Crippen LogP contribution in [0.3, 0.4) is 0 Å². The number of fused-ring (bicyclic) bond motifs is 1. The molecule has 0 aliphatic carbocycles. The van der Waals surface area contributed by atoms with Gasteiger partial charge in [-0.25, -0.2) is 0 Å². The molecule has 0 spiro atoms. The Morgan fingerprint density at radius 1 is 0.912 bits per heavy atom. The van der Waals surface area contributed by atoms with Gasteiger partial charge in [0, 0.05) is 0 Å². The van der Waals surface area contributed by atoms with Gasteiger partial charge in [-0.15, -0.1) is 0 Å². The Hall–Kier alpha value is -0.401. The van der Waals surface area contributed by atoms with Gasteiger partial charge in [0.05, 0.1) is 0 Å². The quantitative estimate of drug-likeness (QED) is 0.157. The van der Waals surface area contributed by atoms with Crippen molar-refractivity contribution in [1.82, 2.24) is 0 Å².